The SMILES string of the molecule is O=C(Nc1ccncc1)c1cccc(S(=O)(=O)NCc2ccccc2)c1. The Bertz CT molecular complexity index is 991. The van der Waals surface area contributed by atoms with Gasteiger partial charge < -0.3 is 5.32 Å². The van der Waals surface area contributed by atoms with Gasteiger partial charge in [-0.3, -0.25) is 9.78 Å². The second-order valence-electron chi connectivity index (χ2n) is 5.53. The second kappa shape index (κ2) is 7.90. The molecule has 0 aliphatic heterocycles. The average molecular weight is 367 g/mol. The lowest BCUT2D eigenvalue weighted by atomic mass is 10.2. The van der Waals surface area contributed by atoms with E-state index in [0.29, 0.717) is 5.69 Å². The van der Waals surface area contributed by atoms with Crippen molar-refractivity contribution >= 4 is 21.6 Å². The molecule has 0 bridgehead atoms. The van der Waals surface area contributed by atoms with Gasteiger partial charge in [-0.15, -0.1) is 0 Å². The minimum atomic E-state index is -3.73. The van der Waals surface area contributed by atoms with Gasteiger partial charge in [0.15, 0.2) is 0 Å². The summed E-state index contributed by atoms with van der Waals surface area (Å²) in [7, 11) is -3.73. The van der Waals surface area contributed by atoms with Crippen LogP contribution in [0.2, 0.25) is 0 Å². The van der Waals surface area contributed by atoms with E-state index >= 15 is 0 Å². The monoisotopic (exact) mass is 367 g/mol. The number of hydrogen-bond donors (Lipinski definition) is 2. The van der Waals surface area contributed by atoms with Gasteiger partial charge in [0.2, 0.25) is 10.0 Å². The Morgan fingerprint density at radius 1 is 0.923 bits per heavy atom. The molecule has 2 aromatic carbocycles. The summed E-state index contributed by atoms with van der Waals surface area (Å²) < 4.78 is 27.5. The molecule has 26 heavy (non-hydrogen) atoms. The molecular weight excluding hydrogens is 350 g/mol. The third kappa shape index (κ3) is 4.53. The number of carbonyl (C=O) groups is 1. The third-order valence-electron chi connectivity index (χ3n) is 3.65. The maximum absolute atomic E-state index is 12.5. The average Bonchev–Trinajstić information content (AvgIpc) is 2.68. The van der Waals surface area contributed by atoms with Gasteiger partial charge in [0.1, 0.15) is 0 Å². The van der Waals surface area contributed by atoms with Crippen molar-refractivity contribution < 1.29 is 13.2 Å². The summed E-state index contributed by atoms with van der Waals surface area (Å²) in [5.41, 5.74) is 1.69. The van der Waals surface area contributed by atoms with Gasteiger partial charge in [0, 0.05) is 30.2 Å². The molecule has 0 saturated heterocycles. The van der Waals surface area contributed by atoms with E-state index in [9.17, 15) is 13.2 Å². The molecule has 0 aliphatic rings. The lowest BCUT2D eigenvalue weighted by Crippen LogP contribution is -2.23. The van der Waals surface area contributed by atoms with Crippen molar-refractivity contribution in [3.63, 3.8) is 0 Å². The van der Waals surface area contributed by atoms with Crippen molar-refractivity contribution in [3.8, 4) is 0 Å². The highest BCUT2D eigenvalue weighted by Crippen LogP contribution is 2.14. The topological polar surface area (TPSA) is 88.2 Å². The zero-order valence-electron chi connectivity index (χ0n) is 13.8. The van der Waals surface area contributed by atoms with Crippen LogP contribution in [0.25, 0.3) is 0 Å². The number of rotatable bonds is 6. The van der Waals surface area contributed by atoms with Crippen LogP contribution in [0.3, 0.4) is 0 Å². The van der Waals surface area contributed by atoms with Gasteiger partial charge in [-0.05, 0) is 35.9 Å². The van der Waals surface area contributed by atoms with E-state index in [0.717, 1.165) is 5.56 Å². The first-order chi connectivity index (χ1) is 12.5. The fourth-order valence-corrected chi connectivity index (χ4v) is 3.36. The van der Waals surface area contributed by atoms with Crippen LogP contribution in [-0.4, -0.2) is 19.3 Å². The van der Waals surface area contributed by atoms with Crippen molar-refractivity contribution in [3.05, 3.63) is 90.3 Å². The zero-order valence-corrected chi connectivity index (χ0v) is 14.6. The van der Waals surface area contributed by atoms with Crippen LogP contribution in [0.1, 0.15) is 15.9 Å². The van der Waals surface area contributed by atoms with Crippen molar-refractivity contribution in [2.45, 2.75) is 11.4 Å². The summed E-state index contributed by atoms with van der Waals surface area (Å²) >= 11 is 0. The molecular formula is C19H17N3O3S. The van der Waals surface area contributed by atoms with Crippen LogP contribution < -0.4 is 10.0 Å². The number of pyridine rings is 1. The third-order valence-corrected chi connectivity index (χ3v) is 5.05. The fourth-order valence-electron chi connectivity index (χ4n) is 2.30. The molecule has 0 aliphatic carbocycles. The van der Waals surface area contributed by atoms with Gasteiger partial charge in [-0.2, -0.15) is 0 Å². The lowest BCUT2D eigenvalue weighted by molar-refractivity contribution is 0.102. The lowest BCUT2D eigenvalue weighted by Gasteiger charge is -2.09. The molecule has 1 aromatic heterocycles. The van der Waals surface area contributed by atoms with Crippen LogP contribution in [0.5, 0.6) is 0 Å². The Morgan fingerprint density at radius 2 is 1.65 bits per heavy atom. The summed E-state index contributed by atoms with van der Waals surface area (Å²) in [6, 6.07) is 18.4. The van der Waals surface area contributed by atoms with Gasteiger partial charge in [0.25, 0.3) is 5.91 Å². The van der Waals surface area contributed by atoms with Crippen molar-refractivity contribution in [2.24, 2.45) is 0 Å². The van der Waals surface area contributed by atoms with Crippen molar-refractivity contribution in [2.75, 3.05) is 5.32 Å². The zero-order chi connectivity index (χ0) is 18.4. The van der Waals surface area contributed by atoms with Gasteiger partial charge in [-0.1, -0.05) is 36.4 Å². The minimum absolute atomic E-state index is 0.0378. The summed E-state index contributed by atoms with van der Waals surface area (Å²) in [5.74, 6) is -0.392. The highest BCUT2D eigenvalue weighted by molar-refractivity contribution is 7.89. The Morgan fingerprint density at radius 3 is 2.38 bits per heavy atom. The molecule has 0 atom stereocenters. The molecule has 2 N–H and O–H groups in total. The van der Waals surface area contributed by atoms with E-state index in [-0.39, 0.29) is 17.0 Å². The predicted octanol–water partition coefficient (Wildman–Crippen LogP) is 2.81. The molecule has 1 amide bonds. The Kier molecular flexibility index (Phi) is 5.40. The van der Waals surface area contributed by atoms with Gasteiger partial charge >= 0.3 is 0 Å². The number of nitrogens with zero attached hydrogens (tertiary/aromatic N) is 1. The Balaban J connectivity index is 1.74. The Hall–Kier alpha value is -3.03. The summed E-state index contributed by atoms with van der Waals surface area (Å²) in [5, 5.41) is 2.70. The number of carbonyl (C=O) groups excluding carboxylic acids is 1. The number of amides is 1. The summed E-state index contributed by atoms with van der Waals surface area (Å²) in [6.45, 7) is 0.177. The minimum Gasteiger partial charge on any atom is -0.322 e. The van der Waals surface area contributed by atoms with Crippen LogP contribution in [0.15, 0.2) is 84.0 Å². The number of aromatic nitrogens is 1. The number of hydrogen-bond acceptors (Lipinski definition) is 4. The maximum atomic E-state index is 12.5. The number of anilines is 1. The number of sulfonamides is 1. The number of benzene rings is 2. The maximum Gasteiger partial charge on any atom is 0.255 e. The van der Waals surface area contributed by atoms with E-state index < -0.39 is 15.9 Å². The molecule has 0 saturated carbocycles. The largest absolute Gasteiger partial charge is 0.322 e. The van der Waals surface area contributed by atoms with E-state index in [1.54, 1.807) is 36.7 Å². The molecule has 3 rings (SSSR count). The highest BCUT2D eigenvalue weighted by Gasteiger charge is 2.16. The molecule has 132 valence electrons. The predicted molar refractivity (Wildman–Crippen MR) is 99.1 cm³/mol. The van der Waals surface area contributed by atoms with Gasteiger partial charge in [-0.25, -0.2) is 13.1 Å². The van der Waals surface area contributed by atoms with E-state index in [2.05, 4.69) is 15.0 Å². The smallest absolute Gasteiger partial charge is 0.255 e. The van der Waals surface area contributed by atoms with Crippen LogP contribution in [0.4, 0.5) is 5.69 Å². The van der Waals surface area contributed by atoms with Crippen LogP contribution in [0, 0.1) is 0 Å². The van der Waals surface area contributed by atoms with Crippen LogP contribution >= 0.6 is 0 Å². The second-order valence-corrected chi connectivity index (χ2v) is 7.29. The molecule has 1 heterocycles. The molecule has 3 aromatic rings. The molecule has 6 nitrogen and oxygen atoms in total. The first-order valence-electron chi connectivity index (χ1n) is 7.90. The van der Waals surface area contributed by atoms with Crippen LogP contribution in [-0.2, 0) is 16.6 Å². The quantitative estimate of drug-likeness (QED) is 0.701. The standard InChI is InChI=1S/C19H17N3O3S/c23-19(22-17-9-11-20-12-10-17)16-7-4-8-18(13-16)26(24,25)21-14-15-5-2-1-3-6-15/h1-13,21H,14H2,(H,20,22,23). The first-order valence-corrected chi connectivity index (χ1v) is 9.38. The Labute approximate surface area is 152 Å². The normalized spacial score (nSPS) is 11.1. The highest BCUT2D eigenvalue weighted by atomic mass is 32.2. The van der Waals surface area contributed by atoms with Crippen molar-refractivity contribution in [1.82, 2.24) is 9.71 Å². The van der Waals surface area contributed by atoms with E-state index in [4.69, 9.17) is 0 Å². The molecule has 0 unspecified atom stereocenters. The van der Waals surface area contributed by atoms with E-state index in [1.165, 1.54) is 12.1 Å². The number of nitrogens with one attached hydrogen (secondary N) is 2. The molecule has 0 radical (unpaired) electrons. The van der Waals surface area contributed by atoms with Gasteiger partial charge in [0.05, 0.1) is 4.90 Å². The summed E-state index contributed by atoms with van der Waals surface area (Å²) in [6.07, 6.45) is 3.12. The molecule has 7 heteroatoms. The fraction of sp³-hybridized carbons (Fsp3) is 0.0526. The van der Waals surface area contributed by atoms with E-state index in [1.807, 2.05) is 30.3 Å². The molecule has 0 fully saturated rings. The first kappa shape index (κ1) is 17.8. The summed E-state index contributed by atoms with van der Waals surface area (Å²) in [4.78, 5) is 16.2. The molecule has 0 spiro atoms. The van der Waals surface area contributed by atoms with Crippen molar-refractivity contribution in [1.29, 1.82) is 0 Å².